The number of nitrogens with zero attached hydrogens (tertiary/aromatic N) is 3. The van der Waals surface area contributed by atoms with E-state index in [1.165, 1.54) is 19.3 Å². The molecule has 22 heteroatoms. The number of hydroxylamine groups is 2. The molecule has 0 aromatic heterocycles. The van der Waals surface area contributed by atoms with Crippen molar-refractivity contribution in [2.24, 2.45) is 5.92 Å². The lowest BCUT2D eigenvalue weighted by Crippen LogP contribution is -2.55. The lowest BCUT2D eigenvalue weighted by Gasteiger charge is -2.40. The number of methoxy groups -OCH3 is 1. The number of aliphatic hydroxyl groups excluding tert-OH is 2. The van der Waals surface area contributed by atoms with Gasteiger partial charge in [0.05, 0.1) is 53.6 Å². The number of amides is 7. The smallest absolute Gasteiger partial charge is 0.335 e. The zero-order valence-corrected chi connectivity index (χ0v) is 32.2. The van der Waals surface area contributed by atoms with Crippen LogP contribution in [0.2, 0.25) is 0 Å². The normalized spacial score (nSPS) is 22.8. The van der Waals surface area contributed by atoms with Gasteiger partial charge in [0, 0.05) is 89.3 Å². The lowest BCUT2D eigenvalue weighted by molar-refractivity contribution is -0.282. The van der Waals surface area contributed by atoms with Crippen LogP contribution in [-0.4, -0.2) is 176 Å². The Hall–Kier alpha value is -4.84. The highest BCUT2D eigenvalue weighted by Gasteiger charge is 2.42. The summed E-state index contributed by atoms with van der Waals surface area (Å²) in [6.07, 6.45) is 1.65. The molecular formula is C36H51FN4O17. The van der Waals surface area contributed by atoms with Crippen LogP contribution >= 0.6 is 0 Å². The van der Waals surface area contributed by atoms with Gasteiger partial charge in [-0.2, -0.15) is 0 Å². The van der Waals surface area contributed by atoms with E-state index in [1.807, 2.05) is 0 Å². The first-order chi connectivity index (χ1) is 28.1. The number of hydrogen-bond donors (Lipinski definition) is 3. The molecule has 7 amide bonds. The van der Waals surface area contributed by atoms with Crippen LogP contribution in [0.4, 0.5) is 4.39 Å². The van der Waals surface area contributed by atoms with Gasteiger partial charge in [0.1, 0.15) is 18.5 Å². The molecule has 0 radical (unpaired) electrons. The molecule has 4 aliphatic rings. The van der Waals surface area contributed by atoms with Crippen molar-refractivity contribution in [2.75, 3.05) is 73.5 Å². The number of nitrogens with one attached hydrogen (secondary N) is 1. The standard InChI is InChI=1S/C24H38N2O11.C11H10N2O6.CH3F/c1-16-18(37-24(33-2)23(32)22(16)31)14-36-15-19(28)25-8-11-35-13-12-34-10-3-4-17(27)7-9-26-20(29)5-6-21(26)30;14-7-1-2-8(15)12(7)6-5-11(18)19-13-9(16)3-4-10(13)17;1-2/h5-6,16,18,22-24,31-32H,3-4,7-15H2,1-2H3,(H,25,28);1-2H,3-6H2;1H3/t16-,18?,22+,23?,24-;;/m1../s1/i;;1D. The molecule has 4 rings (SSSR count). The van der Waals surface area contributed by atoms with E-state index in [9.17, 15) is 57.8 Å². The van der Waals surface area contributed by atoms with E-state index in [4.69, 9.17) is 25.1 Å². The fraction of sp³-hybridized carbons (Fsp3) is 0.639. The molecular weight excluding hydrogens is 779 g/mol. The van der Waals surface area contributed by atoms with E-state index >= 15 is 0 Å². The molecule has 2 saturated heterocycles. The van der Waals surface area contributed by atoms with E-state index in [-0.39, 0.29) is 63.7 Å². The summed E-state index contributed by atoms with van der Waals surface area (Å²) in [6.45, 7) is 3.18. The summed E-state index contributed by atoms with van der Waals surface area (Å²) in [5.74, 6) is -4.56. The molecule has 21 nitrogen and oxygen atoms in total. The van der Waals surface area contributed by atoms with E-state index in [2.05, 4.69) is 10.2 Å². The van der Waals surface area contributed by atoms with Gasteiger partial charge in [0.25, 0.3) is 35.4 Å². The third-order valence-corrected chi connectivity index (χ3v) is 8.65. The van der Waals surface area contributed by atoms with Crippen molar-refractivity contribution >= 4 is 53.1 Å². The highest BCUT2D eigenvalue weighted by atomic mass is 19.1. The highest BCUT2D eigenvalue weighted by molar-refractivity contribution is 6.13. The Morgan fingerprint density at radius 3 is 1.91 bits per heavy atom. The summed E-state index contributed by atoms with van der Waals surface area (Å²) in [5.41, 5.74) is 0. The van der Waals surface area contributed by atoms with Crippen LogP contribution in [0.25, 0.3) is 0 Å². The number of carbonyl (C=O) groups excluding carboxylic acids is 9. The predicted octanol–water partition coefficient (Wildman–Crippen LogP) is -1.96. The number of carbonyl (C=O) groups is 9. The molecule has 5 atom stereocenters. The Labute approximate surface area is 334 Å². The molecule has 0 aromatic carbocycles. The summed E-state index contributed by atoms with van der Waals surface area (Å²) < 4.78 is 42.2. The topological polar surface area (TPSA) is 271 Å². The first-order valence-electron chi connectivity index (χ1n) is 18.9. The molecule has 0 saturated carbocycles. The molecule has 0 spiro atoms. The molecule has 4 heterocycles. The average molecular weight is 832 g/mol. The molecule has 0 aliphatic carbocycles. The quantitative estimate of drug-likeness (QED) is 0.0789. The summed E-state index contributed by atoms with van der Waals surface area (Å²) in [5, 5.41) is 23.0. The van der Waals surface area contributed by atoms with Crippen molar-refractivity contribution in [1.82, 2.24) is 20.2 Å². The third-order valence-electron chi connectivity index (χ3n) is 8.65. The third kappa shape index (κ3) is 16.2. The zero-order chi connectivity index (χ0) is 43.9. The Balaban J connectivity index is 0.000000453. The minimum atomic E-state index is -1.15. The summed E-state index contributed by atoms with van der Waals surface area (Å²) >= 11 is 0. The summed E-state index contributed by atoms with van der Waals surface area (Å²) in [7, 11) is 0.367. The number of aliphatic hydroxyl groups is 2. The van der Waals surface area contributed by atoms with Gasteiger partial charge in [0.2, 0.25) is 5.91 Å². The van der Waals surface area contributed by atoms with Gasteiger partial charge in [-0.25, -0.2) is 4.79 Å². The molecule has 0 aromatic rings. The van der Waals surface area contributed by atoms with Crippen molar-refractivity contribution in [1.29, 1.82) is 0 Å². The number of hydrogen-bond acceptors (Lipinski definition) is 17. The van der Waals surface area contributed by atoms with Gasteiger partial charge in [0.15, 0.2) is 6.29 Å². The van der Waals surface area contributed by atoms with E-state index in [0.717, 1.165) is 22.0 Å². The fourth-order valence-electron chi connectivity index (χ4n) is 5.40. The molecule has 4 aliphatic heterocycles. The Kier molecular flexibility index (Phi) is 21.5. The number of rotatable bonds is 22. The number of ether oxygens (including phenoxy) is 5. The van der Waals surface area contributed by atoms with Crippen LogP contribution in [0.5, 0.6) is 0 Å². The van der Waals surface area contributed by atoms with Crippen LogP contribution in [0.1, 0.15) is 46.8 Å². The second-order valence-corrected chi connectivity index (χ2v) is 12.7. The minimum Gasteiger partial charge on any atom is -0.390 e. The van der Waals surface area contributed by atoms with Gasteiger partial charge in [-0.05, 0) is 6.42 Å². The average Bonchev–Trinajstić information content (AvgIpc) is 3.83. The van der Waals surface area contributed by atoms with Crippen molar-refractivity contribution in [2.45, 2.75) is 70.1 Å². The maximum absolute atomic E-state index is 11.9. The number of alkyl halides is 1. The van der Waals surface area contributed by atoms with E-state index < -0.39 is 79.1 Å². The van der Waals surface area contributed by atoms with Crippen LogP contribution in [0.15, 0.2) is 24.3 Å². The van der Waals surface area contributed by atoms with Crippen molar-refractivity contribution in [3.05, 3.63) is 24.3 Å². The first kappa shape index (κ1) is 47.5. The van der Waals surface area contributed by atoms with E-state index in [1.54, 1.807) is 6.92 Å². The number of halogens is 1. The van der Waals surface area contributed by atoms with Crippen LogP contribution in [-0.2, 0) is 71.7 Å². The van der Waals surface area contributed by atoms with Gasteiger partial charge < -0.3 is 44.1 Å². The van der Waals surface area contributed by atoms with Gasteiger partial charge >= 0.3 is 5.97 Å². The van der Waals surface area contributed by atoms with Gasteiger partial charge in [-0.1, -0.05) is 6.92 Å². The Morgan fingerprint density at radius 2 is 1.36 bits per heavy atom. The van der Waals surface area contributed by atoms with E-state index in [0.29, 0.717) is 50.9 Å². The Morgan fingerprint density at radius 1 is 0.828 bits per heavy atom. The van der Waals surface area contributed by atoms with Gasteiger partial charge in [-0.15, -0.1) is 5.06 Å². The molecule has 58 heavy (non-hydrogen) atoms. The highest BCUT2D eigenvalue weighted by Crippen LogP contribution is 2.26. The second kappa shape index (κ2) is 26.2. The lowest BCUT2D eigenvalue weighted by atomic mass is 9.91. The molecule has 3 N–H and O–H groups in total. The summed E-state index contributed by atoms with van der Waals surface area (Å²) in [6, 6.07) is 0. The van der Waals surface area contributed by atoms with Crippen molar-refractivity contribution in [3.63, 3.8) is 0 Å². The first-order valence-corrected chi connectivity index (χ1v) is 18.2. The maximum atomic E-state index is 11.9. The predicted molar refractivity (Wildman–Crippen MR) is 192 cm³/mol. The second-order valence-electron chi connectivity index (χ2n) is 12.7. The Bertz CT molecular complexity index is 1490. The summed E-state index contributed by atoms with van der Waals surface area (Å²) in [4.78, 5) is 109. The molecule has 0 bridgehead atoms. The number of imide groups is 3. The molecule has 2 fully saturated rings. The fourth-order valence-corrected chi connectivity index (χ4v) is 5.40. The van der Waals surface area contributed by atoms with Crippen molar-refractivity contribution in [3.8, 4) is 0 Å². The van der Waals surface area contributed by atoms with Gasteiger partial charge in [-0.3, -0.25) is 52.5 Å². The maximum Gasteiger partial charge on any atom is 0.335 e. The van der Waals surface area contributed by atoms with Crippen LogP contribution in [0, 0.1) is 5.92 Å². The SMILES string of the molecule is CO[C@@H]1OC(COCC(=O)NCCOCCOCCCC(=O)CCN2C(=O)C=CC2=O)[C@@H](C)[C@H](O)C1O.O=C(CCN1C(=O)C=CC1=O)ON1C(=O)CCC1=O.[2H]CF. The molecule has 324 valence electrons. The minimum absolute atomic E-state index is 0.0130. The molecule has 2 unspecified atom stereocenters. The number of Topliss-reactive ketones (excluding diaryl/α,β-unsaturated/α-hetero) is 1. The van der Waals surface area contributed by atoms with Crippen molar-refractivity contribution < 1.29 is 87.6 Å². The largest absolute Gasteiger partial charge is 0.390 e. The monoisotopic (exact) mass is 831 g/mol. The van der Waals surface area contributed by atoms with Crippen LogP contribution < -0.4 is 5.32 Å². The van der Waals surface area contributed by atoms with Crippen LogP contribution in [0.3, 0.4) is 0 Å². The zero-order valence-electron chi connectivity index (χ0n) is 33.2. The number of ketones is 1.